The molecule has 146 valence electrons. The van der Waals surface area contributed by atoms with Crippen molar-refractivity contribution in [1.82, 2.24) is 9.88 Å². The second-order valence-corrected chi connectivity index (χ2v) is 8.61. The highest BCUT2D eigenvalue weighted by Gasteiger charge is 2.25. The van der Waals surface area contributed by atoms with Gasteiger partial charge in [0.25, 0.3) is 0 Å². The number of nitrogens with zero attached hydrogens (tertiary/aromatic N) is 2. The Balaban J connectivity index is 1.30. The molecule has 2 aromatic carbocycles. The van der Waals surface area contributed by atoms with Gasteiger partial charge in [-0.05, 0) is 49.1 Å². The van der Waals surface area contributed by atoms with Crippen LogP contribution in [-0.4, -0.2) is 36.0 Å². The number of benzene rings is 2. The van der Waals surface area contributed by atoms with Crippen molar-refractivity contribution in [3.8, 4) is 5.75 Å². The Morgan fingerprint density at radius 1 is 1.25 bits per heavy atom. The quantitative estimate of drug-likeness (QED) is 0.569. The standard InChI is InChI=1S/C22H23ClN2O2S/c1-27-19-8-6-15(14-17(19)23)7-9-21(26)25-12-10-16(11-13-25)22-24-18-4-2-3-5-20(18)28-22/h2-6,8,14,16H,7,9-13H2,1H3. The maximum Gasteiger partial charge on any atom is 0.222 e. The molecule has 1 amide bonds. The third kappa shape index (κ3) is 4.15. The summed E-state index contributed by atoms with van der Waals surface area (Å²) in [5.41, 5.74) is 2.14. The summed E-state index contributed by atoms with van der Waals surface area (Å²) in [6.07, 6.45) is 3.18. The van der Waals surface area contributed by atoms with Crippen LogP contribution in [0.25, 0.3) is 10.2 Å². The number of carbonyl (C=O) groups excluding carboxylic acids is 1. The summed E-state index contributed by atoms with van der Waals surface area (Å²) in [4.78, 5) is 19.4. The number of aromatic nitrogens is 1. The summed E-state index contributed by atoms with van der Waals surface area (Å²) in [6, 6.07) is 14.0. The number of likely N-dealkylation sites (tertiary alicyclic amines) is 1. The van der Waals surface area contributed by atoms with Gasteiger partial charge in [-0.25, -0.2) is 4.98 Å². The van der Waals surface area contributed by atoms with Crippen LogP contribution in [-0.2, 0) is 11.2 Å². The topological polar surface area (TPSA) is 42.4 Å². The number of para-hydroxylation sites is 1. The van der Waals surface area contributed by atoms with Gasteiger partial charge in [-0.3, -0.25) is 4.79 Å². The minimum absolute atomic E-state index is 0.217. The largest absolute Gasteiger partial charge is 0.495 e. The van der Waals surface area contributed by atoms with Crippen LogP contribution in [0, 0.1) is 0 Å². The van der Waals surface area contributed by atoms with Gasteiger partial charge >= 0.3 is 0 Å². The molecule has 28 heavy (non-hydrogen) atoms. The molecule has 0 spiro atoms. The molecule has 0 N–H and O–H groups in total. The summed E-state index contributed by atoms with van der Waals surface area (Å²) in [5.74, 6) is 1.34. The third-order valence-electron chi connectivity index (χ3n) is 5.35. The van der Waals surface area contributed by atoms with Gasteiger partial charge in [0.2, 0.25) is 5.91 Å². The second kappa shape index (κ2) is 8.50. The van der Waals surface area contributed by atoms with Gasteiger partial charge in [-0.2, -0.15) is 0 Å². The number of methoxy groups -OCH3 is 1. The highest BCUT2D eigenvalue weighted by molar-refractivity contribution is 7.18. The summed E-state index contributed by atoms with van der Waals surface area (Å²) < 4.78 is 6.42. The second-order valence-electron chi connectivity index (χ2n) is 7.14. The van der Waals surface area contributed by atoms with E-state index < -0.39 is 0 Å². The van der Waals surface area contributed by atoms with Crippen molar-refractivity contribution in [2.75, 3.05) is 20.2 Å². The monoisotopic (exact) mass is 414 g/mol. The number of carbonyl (C=O) groups is 1. The van der Waals surface area contributed by atoms with Crippen molar-refractivity contribution in [2.45, 2.75) is 31.6 Å². The molecular formula is C22H23ClN2O2S. The van der Waals surface area contributed by atoms with Crippen molar-refractivity contribution in [3.05, 3.63) is 58.1 Å². The highest BCUT2D eigenvalue weighted by Crippen LogP contribution is 2.34. The summed E-state index contributed by atoms with van der Waals surface area (Å²) >= 11 is 7.96. The first-order chi connectivity index (χ1) is 13.6. The first kappa shape index (κ1) is 19.2. The Bertz CT molecular complexity index is 947. The van der Waals surface area contributed by atoms with E-state index in [0.29, 0.717) is 29.5 Å². The zero-order valence-corrected chi connectivity index (χ0v) is 17.4. The number of aryl methyl sites for hydroxylation is 1. The molecule has 4 rings (SSSR count). The van der Waals surface area contributed by atoms with E-state index in [-0.39, 0.29) is 5.91 Å². The average molecular weight is 415 g/mol. The van der Waals surface area contributed by atoms with Crippen molar-refractivity contribution < 1.29 is 9.53 Å². The van der Waals surface area contributed by atoms with Crippen LogP contribution in [0.1, 0.15) is 35.8 Å². The Morgan fingerprint density at radius 3 is 2.75 bits per heavy atom. The lowest BCUT2D eigenvalue weighted by Gasteiger charge is -2.31. The molecular weight excluding hydrogens is 392 g/mol. The van der Waals surface area contributed by atoms with E-state index in [0.717, 1.165) is 37.0 Å². The van der Waals surface area contributed by atoms with Crippen LogP contribution in [0.2, 0.25) is 5.02 Å². The molecule has 0 atom stereocenters. The van der Waals surface area contributed by atoms with Crippen LogP contribution in [0.5, 0.6) is 5.75 Å². The molecule has 1 aliphatic heterocycles. The minimum atomic E-state index is 0.217. The van der Waals surface area contributed by atoms with Crippen LogP contribution in [0.15, 0.2) is 42.5 Å². The van der Waals surface area contributed by atoms with E-state index in [2.05, 4.69) is 18.2 Å². The molecule has 0 bridgehead atoms. The minimum Gasteiger partial charge on any atom is -0.495 e. The van der Waals surface area contributed by atoms with Crippen molar-refractivity contribution >= 4 is 39.1 Å². The maximum atomic E-state index is 12.6. The molecule has 1 fully saturated rings. The smallest absolute Gasteiger partial charge is 0.222 e. The molecule has 0 aliphatic carbocycles. The maximum absolute atomic E-state index is 12.6. The number of thiazole rings is 1. The average Bonchev–Trinajstić information content (AvgIpc) is 3.16. The molecule has 4 nitrogen and oxygen atoms in total. The summed E-state index contributed by atoms with van der Waals surface area (Å²) in [6.45, 7) is 1.62. The Labute approximate surface area is 174 Å². The van der Waals surface area contributed by atoms with Crippen LogP contribution < -0.4 is 4.74 Å². The number of fused-ring (bicyclic) bond motifs is 1. The van der Waals surface area contributed by atoms with Gasteiger partial charge in [-0.15, -0.1) is 11.3 Å². The van der Waals surface area contributed by atoms with Crippen LogP contribution >= 0.6 is 22.9 Å². The zero-order valence-electron chi connectivity index (χ0n) is 15.9. The first-order valence-electron chi connectivity index (χ1n) is 9.59. The molecule has 1 aromatic heterocycles. The van der Waals surface area contributed by atoms with E-state index in [1.165, 1.54) is 9.71 Å². The van der Waals surface area contributed by atoms with E-state index in [9.17, 15) is 4.79 Å². The predicted octanol–water partition coefficient (Wildman–Crippen LogP) is 5.30. The summed E-state index contributed by atoms with van der Waals surface area (Å²) in [5, 5.41) is 1.80. The molecule has 1 aliphatic rings. The number of halogens is 1. The fraction of sp³-hybridized carbons (Fsp3) is 0.364. The Kier molecular flexibility index (Phi) is 5.83. The number of ether oxygens (including phenoxy) is 1. The normalized spacial score (nSPS) is 15.1. The van der Waals surface area contributed by atoms with E-state index in [4.69, 9.17) is 21.3 Å². The lowest BCUT2D eigenvalue weighted by molar-refractivity contribution is -0.132. The van der Waals surface area contributed by atoms with E-state index in [1.54, 1.807) is 18.4 Å². The fourth-order valence-corrected chi connectivity index (χ4v) is 5.13. The molecule has 6 heteroatoms. The first-order valence-corrected chi connectivity index (χ1v) is 10.8. The van der Waals surface area contributed by atoms with Crippen molar-refractivity contribution in [1.29, 1.82) is 0 Å². The van der Waals surface area contributed by atoms with Crippen LogP contribution in [0.4, 0.5) is 0 Å². The molecule has 3 aromatic rings. The molecule has 1 saturated heterocycles. The van der Waals surface area contributed by atoms with Gasteiger partial charge in [0.05, 0.1) is 27.4 Å². The molecule has 0 saturated carbocycles. The number of piperidine rings is 1. The lowest BCUT2D eigenvalue weighted by Crippen LogP contribution is -2.38. The van der Waals surface area contributed by atoms with E-state index >= 15 is 0 Å². The van der Waals surface area contributed by atoms with Gasteiger partial charge in [0.1, 0.15) is 5.75 Å². The number of hydrogen-bond donors (Lipinski definition) is 0. The molecule has 0 radical (unpaired) electrons. The number of hydrogen-bond acceptors (Lipinski definition) is 4. The SMILES string of the molecule is COc1ccc(CCC(=O)N2CCC(c3nc4ccccc4s3)CC2)cc1Cl. The number of rotatable bonds is 5. The molecule has 2 heterocycles. The molecule has 0 unspecified atom stereocenters. The Hall–Kier alpha value is -2.11. The summed E-state index contributed by atoms with van der Waals surface area (Å²) in [7, 11) is 1.60. The van der Waals surface area contributed by atoms with Gasteiger partial charge in [-0.1, -0.05) is 29.8 Å². The lowest BCUT2D eigenvalue weighted by atomic mass is 9.97. The van der Waals surface area contributed by atoms with Crippen LogP contribution in [0.3, 0.4) is 0 Å². The van der Waals surface area contributed by atoms with Gasteiger partial charge < -0.3 is 9.64 Å². The highest BCUT2D eigenvalue weighted by atomic mass is 35.5. The predicted molar refractivity (Wildman–Crippen MR) is 115 cm³/mol. The fourth-order valence-electron chi connectivity index (χ4n) is 3.72. The van der Waals surface area contributed by atoms with Crippen molar-refractivity contribution in [2.24, 2.45) is 0 Å². The zero-order chi connectivity index (χ0) is 19.5. The third-order valence-corrected chi connectivity index (χ3v) is 6.85. The van der Waals surface area contributed by atoms with Gasteiger partial charge in [0, 0.05) is 25.4 Å². The van der Waals surface area contributed by atoms with E-state index in [1.807, 2.05) is 29.2 Å². The Morgan fingerprint density at radius 2 is 2.04 bits per heavy atom. The number of amides is 1. The van der Waals surface area contributed by atoms with Gasteiger partial charge in [0.15, 0.2) is 0 Å². The van der Waals surface area contributed by atoms with Crippen molar-refractivity contribution in [3.63, 3.8) is 0 Å².